The van der Waals surface area contributed by atoms with Crippen LogP contribution in [0.3, 0.4) is 0 Å². The predicted octanol–water partition coefficient (Wildman–Crippen LogP) is 1.98. The number of unbranched alkanes of at least 4 members (excludes halogenated alkanes) is 1. The number of aliphatic imine (C=N–C) groups is 1. The van der Waals surface area contributed by atoms with Crippen molar-refractivity contribution in [1.82, 2.24) is 5.32 Å². The molecular weight excluding hydrogens is 176 g/mol. The molecule has 1 aliphatic heterocycles. The first kappa shape index (κ1) is 11.5. The minimum Gasteiger partial charge on any atom is -0.381 e. The normalized spacial score (nSPS) is 15.6. The molecule has 0 unspecified atom stereocenters. The molecule has 0 aromatic heterocycles. The fraction of sp³-hybridized carbons (Fsp3) is 0.909. The summed E-state index contributed by atoms with van der Waals surface area (Å²) < 4.78 is 5.46. The van der Waals surface area contributed by atoms with Gasteiger partial charge in [-0.05, 0) is 19.3 Å². The number of nitrogens with zero attached hydrogens (tertiary/aromatic N) is 1. The van der Waals surface area contributed by atoms with Gasteiger partial charge < -0.3 is 10.1 Å². The fourth-order valence-electron chi connectivity index (χ4n) is 1.44. The van der Waals surface area contributed by atoms with E-state index in [2.05, 4.69) is 17.2 Å². The van der Waals surface area contributed by atoms with E-state index in [1.54, 1.807) is 0 Å². The molecule has 0 saturated carbocycles. The first-order valence-corrected chi connectivity index (χ1v) is 5.78. The van der Waals surface area contributed by atoms with Gasteiger partial charge in [0.1, 0.15) is 0 Å². The van der Waals surface area contributed by atoms with Gasteiger partial charge >= 0.3 is 0 Å². The van der Waals surface area contributed by atoms with E-state index in [9.17, 15) is 0 Å². The molecule has 82 valence electrons. The van der Waals surface area contributed by atoms with Gasteiger partial charge in [0, 0.05) is 32.7 Å². The zero-order valence-electron chi connectivity index (χ0n) is 9.22. The third-order valence-electron chi connectivity index (χ3n) is 2.31. The molecule has 1 heterocycles. The Hall–Kier alpha value is -0.570. The molecule has 1 aliphatic rings. The molecule has 0 bridgehead atoms. The molecule has 3 nitrogen and oxygen atoms in total. The van der Waals surface area contributed by atoms with Crippen LogP contribution >= 0.6 is 0 Å². The van der Waals surface area contributed by atoms with E-state index >= 15 is 0 Å². The molecule has 0 atom stereocenters. The monoisotopic (exact) mass is 198 g/mol. The summed E-state index contributed by atoms with van der Waals surface area (Å²) in [4.78, 5) is 4.35. The van der Waals surface area contributed by atoms with Crippen molar-refractivity contribution in [3.63, 3.8) is 0 Å². The minimum absolute atomic E-state index is 0.875. The molecule has 14 heavy (non-hydrogen) atoms. The Morgan fingerprint density at radius 3 is 2.93 bits per heavy atom. The molecule has 0 aliphatic carbocycles. The smallest absolute Gasteiger partial charge is 0.0963 e. The first-order valence-electron chi connectivity index (χ1n) is 5.78. The van der Waals surface area contributed by atoms with Gasteiger partial charge in [-0.1, -0.05) is 13.3 Å². The molecule has 0 saturated heterocycles. The second-order valence-corrected chi connectivity index (χ2v) is 3.68. The van der Waals surface area contributed by atoms with Gasteiger partial charge in [0.25, 0.3) is 0 Å². The maximum Gasteiger partial charge on any atom is 0.0963 e. The Kier molecular flexibility index (Phi) is 6.41. The van der Waals surface area contributed by atoms with Gasteiger partial charge in [-0.2, -0.15) is 0 Å². The van der Waals surface area contributed by atoms with Crippen LogP contribution in [-0.4, -0.2) is 32.1 Å². The van der Waals surface area contributed by atoms with Crippen molar-refractivity contribution in [1.29, 1.82) is 0 Å². The van der Waals surface area contributed by atoms with Crippen molar-refractivity contribution < 1.29 is 4.74 Å². The van der Waals surface area contributed by atoms with Crippen LogP contribution in [0.4, 0.5) is 0 Å². The van der Waals surface area contributed by atoms with Gasteiger partial charge in [-0.25, -0.2) is 0 Å². The number of ether oxygens (including phenoxy) is 1. The highest BCUT2D eigenvalue weighted by molar-refractivity contribution is 5.83. The maximum absolute atomic E-state index is 5.46. The SMILES string of the molecule is CCCCOCCCNC1=NCCC1. The van der Waals surface area contributed by atoms with E-state index in [0.29, 0.717) is 0 Å². The topological polar surface area (TPSA) is 33.6 Å². The lowest BCUT2D eigenvalue weighted by atomic mass is 10.3. The highest BCUT2D eigenvalue weighted by Crippen LogP contribution is 2.00. The van der Waals surface area contributed by atoms with Crippen LogP contribution in [-0.2, 0) is 4.74 Å². The van der Waals surface area contributed by atoms with Crippen molar-refractivity contribution >= 4 is 5.84 Å². The standard InChI is InChI=1S/C11H22N2O/c1-2-3-9-14-10-5-8-13-11-6-4-7-12-11/h2-10H2,1H3,(H,12,13). The van der Waals surface area contributed by atoms with E-state index in [1.807, 2.05) is 0 Å². The maximum atomic E-state index is 5.46. The summed E-state index contributed by atoms with van der Waals surface area (Å²) in [5.74, 6) is 1.19. The van der Waals surface area contributed by atoms with Crippen molar-refractivity contribution in [3.8, 4) is 0 Å². The zero-order chi connectivity index (χ0) is 10.1. The van der Waals surface area contributed by atoms with Gasteiger partial charge in [0.15, 0.2) is 0 Å². The summed E-state index contributed by atoms with van der Waals surface area (Å²) in [6.45, 7) is 5.99. The number of nitrogens with one attached hydrogen (secondary N) is 1. The Balaban J connectivity index is 1.80. The zero-order valence-corrected chi connectivity index (χ0v) is 9.22. The minimum atomic E-state index is 0.875. The van der Waals surface area contributed by atoms with E-state index < -0.39 is 0 Å². The molecule has 0 aromatic carbocycles. The van der Waals surface area contributed by atoms with E-state index in [1.165, 1.54) is 25.1 Å². The van der Waals surface area contributed by atoms with Gasteiger partial charge in [-0.3, -0.25) is 4.99 Å². The van der Waals surface area contributed by atoms with Crippen molar-refractivity contribution in [3.05, 3.63) is 0 Å². The van der Waals surface area contributed by atoms with Crippen molar-refractivity contribution in [2.24, 2.45) is 4.99 Å². The molecule has 1 N–H and O–H groups in total. The number of amidine groups is 1. The fourth-order valence-corrected chi connectivity index (χ4v) is 1.44. The molecule has 0 aromatic rings. The Labute approximate surface area is 86.9 Å². The van der Waals surface area contributed by atoms with Gasteiger partial charge in [0.05, 0.1) is 5.84 Å². The quantitative estimate of drug-likeness (QED) is 0.635. The summed E-state index contributed by atoms with van der Waals surface area (Å²) in [6, 6.07) is 0. The van der Waals surface area contributed by atoms with Crippen molar-refractivity contribution in [2.75, 3.05) is 26.3 Å². The third-order valence-corrected chi connectivity index (χ3v) is 2.31. The lowest BCUT2D eigenvalue weighted by Gasteiger charge is -2.05. The summed E-state index contributed by atoms with van der Waals surface area (Å²) in [5.41, 5.74) is 0. The van der Waals surface area contributed by atoms with E-state index in [0.717, 1.165) is 39.1 Å². The lowest BCUT2D eigenvalue weighted by molar-refractivity contribution is 0.129. The average molecular weight is 198 g/mol. The molecule has 1 rings (SSSR count). The Morgan fingerprint density at radius 2 is 2.21 bits per heavy atom. The Morgan fingerprint density at radius 1 is 1.36 bits per heavy atom. The molecule has 0 amide bonds. The number of hydrogen-bond donors (Lipinski definition) is 1. The summed E-state index contributed by atoms with van der Waals surface area (Å²) >= 11 is 0. The third kappa shape index (κ3) is 5.22. The summed E-state index contributed by atoms with van der Waals surface area (Å²) in [6.07, 6.45) is 5.84. The summed E-state index contributed by atoms with van der Waals surface area (Å²) in [5, 5.41) is 3.34. The van der Waals surface area contributed by atoms with Crippen LogP contribution in [0.25, 0.3) is 0 Å². The van der Waals surface area contributed by atoms with Crippen LogP contribution in [0.15, 0.2) is 4.99 Å². The van der Waals surface area contributed by atoms with E-state index in [4.69, 9.17) is 4.74 Å². The largest absolute Gasteiger partial charge is 0.381 e. The van der Waals surface area contributed by atoms with E-state index in [-0.39, 0.29) is 0 Å². The van der Waals surface area contributed by atoms with Crippen LogP contribution in [0.2, 0.25) is 0 Å². The van der Waals surface area contributed by atoms with Crippen LogP contribution in [0.5, 0.6) is 0 Å². The van der Waals surface area contributed by atoms with Crippen LogP contribution in [0.1, 0.15) is 39.0 Å². The average Bonchev–Trinajstić information content (AvgIpc) is 2.69. The first-order chi connectivity index (χ1) is 6.93. The van der Waals surface area contributed by atoms with Crippen LogP contribution < -0.4 is 5.32 Å². The second kappa shape index (κ2) is 7.80. The highest BCUT2D eigenvalue weighted by atomic mass is 16.5. The molecule has 0 radical (unpaired) electrons. The van der Waals surface area contributed by atoms with Gasteiger partial charge in [-0.15, -0.1) is 0 Å². The van der Waals surface area contributed by atoms with Crippen LogP contribution in [0, 0.1) is 0 Å². The second-order valence-electron chi connectivity index (χ2n) is 3.68. The molecule has 3 heteroatoms. The van der Waals surface area contributed by atoms with Crippen molar-refractivity contribution in [2.45, 2.75) is 39.0 Å². The molecular formula is C11H22N2O. The lowest BCUT2D eigenvalue weighted by Crippen LogP contribution is -2.23. The highest BCUT2D eigenvalue weighted by Gasteiger charge is 2.03. The molecule has 0 spiro atoms. The predicted molar refractivity (Wildman–Crippen MR) is 59.9 cm³/mol. The Bertz CT molecular complexity index is 169. The number of rotatable bonds is 7. The molecule has 0 fully saturated rings. The van der Waals surface area contributed by atoms with Gasteiger partial charge in [0.2, 0.25) is 0 Å². The summed E-state index contributed by atoms with van der Waals surface area (Å²) in [7, 11) is 0. The number of hydrogen-bond acceptors (Lipinski definition) is 3.